The van der Waals surface area contributed by atoms with Gasteiger partial charge in [-0.3, -0.25) is 0 Å². The molecule has 0 bridgehead atoms. The van der Waals surface area contributed by atoms with Gasteiger partial charge in [-0.2, -0.15) is 0 Å². The average Bonchev–Trinajstić information content (AvgIpc) is 2.12. The van der Waals surface area contributed by atoms with Crippen LogP contribution in [0.15, 0.2) is 11.6 Å². The van der Waals surface area contributed by atoms with Crippen LogP contribution in [0.2, 0.25) is 0 Å². The van der Waals surface area contributed by atoms with Crippen LogP contribution in [0, 0.1) is 0 Å². The van der Waals surface area contributed by atoms with Crippen molar-refractivity contribution in [1.29, 1.82) is 0 Å². The van der Waals surface area contributed by atoms with Crippen LogP contribution < -0.4 is 0 Å². The number of thiocarbonyl (C=S) groups is 1. The second-order valence-electron chi connectivity index (χ2n) is 2.18. The van der Waals surface area contributed by atoms with Gasteiger partial charge in [0.15, 0.2) is 0 Å². The lowest BCUT2D eigenvalue weighted by molar-refractivity contribution is 0.921. The van der Waals surface area contributed by atoms with Crippen LogP contribution in [-0.4, -0.2) is 4.86 Å². The fourth-order valence-corrected chi connectivity index (χ4v) is 1.18. The molecule has 0 saturated carbocycles. The van der Waals surface area contributed by atoms with E-state index in [0.29, 0.717) is 0 Å². The summed E-state index contributed by atoms with van der Waals surface area (Å²) in [5, 5.41) is 0. The molecule has 0 unspecified atom stereocenters. The van der Waals surface area contributed by atoms with Gasteiger partial charge in [0.2, 0.25) is 0 Å². The second kappa shape index (κ2) is 2.40. The Morgan fingerprint density at radius 2 is 2.50 bits per heavy atom. The first-order valence-electron chi connectivity index (χ1n) is 3.00. The monoisotopic (exact) mass is 126 g/mol. The molecule has 0 saturated heterocycles. The summed E-state index contributed by atoms with van der Waals surface area (Å²) in [7, 11) is 0. The van der Waals surface area contributed by atoms with E-state index < -0.39 is 0 Å². The maximum Gasteiger partial charge on any atom is 0.0150 e. The second-order valence-corrected chi connectivity index (χ2v) is 2.79. The van der Waals surface area contributed by atoms with Crippen molar-refractivity contribution in [3.63, 3.8) is 0 Å². The van der Waals surface area contributed by atoms with Crippen molar-refractivity contribution in [2.45, 2.75) is 26.2 Å². The Kier molecular flexibility index (Phi) is 1.79. The molecule has 0 spiro atoms. The van der Waals surface area contributed by atoms with E-state index in [-0.39, 0.29) is 0 Å². The fraction of sp³-hybridized carbons (Fsp3) is 0.571. The Labute approximate surface area is 55.6 Å². The predicted molar refractivity (Wildman–Crippen MR) is 40.2 cm³/mol. The third kappa shape index (κ3) is 1.16. The molecule has 0 heterocycles. The number of hydrogen-bond donors (Lipinski definition) is 0. The molecule has 0 aliphatic heterocycles. The van der Waals surface area contributed by atoms with Crippen molar-refractivity contribution in [3.8, 4) is 0 Å². The van der Waals surface area contributed by atoms with Crippen molar-refractivity contribution in [2.24, 2.45) is 0 Å². The zero-order chi connectivity index (χ0) is 5.98. The topological polar surface area (TPSA) is 0 Å². The summed E-state index contributed by atoms with van der Waals surface area (Å²) in [6.45, 7) is 2.01. The summed E-state index contributed by atoms with van der Waals surface area (Å²) in [6, 6.07) is 0. The fourth-order valence-electron chi connectivity index (χ4n) is 0.991. The Bertz CT molecular complexity index is 133. The van der Waals surface area contributed by atoms with Crippen LogP contribution in [0.1, 0.15) is 26.2 Å². The van der Waals surface area contributed by atoms with E-state index in [2.05, 4.69) is 6.08 Å². The highest BCUT2D eigenvalue weighted by atomic mass is 32.1. The van der Waals surface area contributed by atoms with Crippen LogP contribution in [0.25, 0.3) is 0 Å². The van der Waals surface area contributed by atoms with Crippen LogP contribution in [0.3, 0.4) is 0 Å². The van der Waals surface area contributed by atoms with Crippen molar-refractivity contribution >= 4 is 17.1 Å². The van der Waals surface area contributed by atoms with E-state index >= 15 is 0 Å². The van der Waals surface area contributed by atoms with Crippen molar-refractivity contribution in [2.75, 3.05) is 0 Å². The number of allylic oxidation sites excluding steroid dienone is 2. The molecule has 0 aromatic rings. The maximum atomic E-state index is 4.99. The maximum absolute atomic E-state index is 4.99. The highest BCUT2D eigenvalue weighted by Gasteiger charge is 2.04. The SMILES string of the molecule is CC(=S)C1=CCCC1. The summed E-state index contributed by atoms with van der Waals surface area (Å²) in [5.41, 5.74) is 1.40. The van der Waals surface area contributed by atoms with Crippen molar-refractivity contribution < 1.29 is 0 Å². The van der Waals surface area contributed by atoms with Gasteiger partial charge < -0.3 is 0 Å². The Balaban J connectivity index is 2.57. The number of rotatable bonds is 1. The Hall–Kier alpha value is -0.170. The standard InChI is InChI=1S/C7H10S/c1-6(8)7-4-2-3-5-7/h4H,2-3,5H2,1H3. The largest absolute Gasteiger partial charge is 0.0849 e. The Morgan fingerprint density at radius 3 is 2.75 bits per heavy atom. The normalized spacial score (nSPS) is 18.4. The molecular formula is C7H10S. The molecule has 0 radical (unpaired) electrons. The zero-order valence-corrected chi connectivity index (χ0v) is 5.92. The molecule has 8 heavy (non-hydrogen) atoms. The summed E-state index contributed by atoms with van der Waals surface area (Å²) >= 11 is 4.99. The molecular weight excluding hydrogens is 116 g/mol. The van der Waals surface area contributed by atoms with Gasteiger partial charge in [-0.25, -0.2) is 0 Å². The van der Waals surface area contributed by atoms with E-state index in [1.165, 1.54) is 24.8 Å². The molecule has 1 aliphatic carbocycles. The summed E-state index contributed by atoms with van der Waals surface area (Å²) in [4.78, 5) is 1.09. The first kappa shape index (κ1) is 5.96. The molecule has 0 atom stereocenters. The van der Waals surface area contributed by atoms with Crippen LogP contribution in [0.4, 0.5) is 0 Å². The third-order valence-corrected chi connectivity index (χ3v) is 1.76. The summed E-state index contributed by atoms with van der Waals surface area (Å²) in [6.07, 6.45) is 6.02. The smallest absolute Gasteiger partial charge is 0.0150 e. The molecule has 0 fully saturated rings. The lowest BCUT2D eigenvalue weighted by atomic mass is 10.2. The molecule has 0 aromatic carbocycles. The van der Waals surface area contributed by atoms with Gasteiger partial charge in [-0.15, -0.1) is 0 Å². The molecule has 1 aliphatic rings. The first-order valence-corrected chi connectivity index (χ1v) is 3.41. The van der Waals surface area contributed by atoms with Crippen LogP contribution in [-0.2, 0) is 0 Å². The highest BCUT2D eigenvalue weighted by Crippen LogP contribution is 2.18. The van der Waals surface area contributed by atoms with E-state index in [4.69, 9.17) is 12.2 Å². The van der Waals surface area contributed by atoms with Crippen molar-refractivity contribution in [3.05, 3.63) is 11.6 Å². The van der Waals surface area contributed by atoms with E-state index in [0.717, 1.165) is 4.86 Å². The quantitative estimate of drug-likeness (QED) is 0.486. The predicted octanol–water partition coefficient (Wildman–Crippen LogP) is 2.49. The summed E-state index contributed by atoms with van der Waals surface area (Å²) in [5.74, 6) is 0. The molecule has 44 valence electrons. The molecule has 0 amide bonds. The molecule has 0 nitrogen and oxygen atoms in total. The number of hydrogen-bond acceptors (Lipinski definition) is 1. The lowest BCUT2D eigenvalue weighted by Gasteiger charge is -1.92. The van der Waals surface area contributed by atoms with Crippen molar-refractivity contribution in [1.82, 2.24) is 0 Å². The van der Waals surface area contributed by atoms with Gasteiger partial charge in [0.1, 0.15) is 0 Å². The highest BCUT2D eigenvalue weighted by molar-refractivity contribution is 7.80. The van der Waals surface area contributed by atoms with Gasteiger partial charge in [-0.1, -0.05) is 18.3 Å². The average molecular weight is 126 g/mol. The minimum Gasteiger partial charge on any atom is -0.0849 e. The molecule has 0 N–H and O–H groups in total. The molecule has 1 rings (SSSR count). The van der Waals surface area contributed by atoms with Crippen LogP contribution in [0.5, 0.6) is 0 Å². The molecule has 1 heteroatoms. The minimum absolute atomic E-state index is 1.09. The van der Waals surface area contributed by atoms with Gasteiger partial charge in [0, 0.05) is 4.86 Å². The molecule has 0 aromatic heterocycles. The summed E-state index contributed by atoms with van der Waals surface area (Å²) < 4.78 is 0. The van der Waals surface area contributed by atoms with E-state index in [1.54, 1.807) is 0 Å². The Morgan fingerprint density at radius 1 is 1.75 bits per heavy atom. The minimum atomic E-state index is 1.09. The first-order chi connectivity index (χ1) is 3.80. The zero-order valence-electron chi connectivity index (χ0n) is 5.11. The van der Waals surface area contributed by atoms with Gasteiger partial charge in [-0.05, 0) is 31.8 Å². The van der Waals surface area contributed by atoms with Gasteiger partial charge in [0.05, 0.1) is 0 Å². The lowest BCUT2D eigenvalue weighted by Crippen LogP contribution is -1.87. The van der Waals surface area contributed by atoms with E-state index in [1.807, 2.05) is 6.92 Å². The van der Waals surface area contributed by atoms with Crippen LogP contribution >= 0.6 is 12.2 Å². The van der Waals surface area contributed by atoms with E-state index in [9.17, 15) is 0 Å². The third-order valence-electron chi connectivity index (χ3n) is 1.49. The van der Waals surface area contributed by atoms with Gasteiger partial charge >= 0.3 is 0 Å². The van der Waals surface area contributed by atoms with Gasteiger partial charge in [0.25, 0.3) is 0 Å².